The summed E-state index contributed by atoms with van der Waals surface area (Å²) < 4.78 is 11.6. The Morgan fingerprint density at radius 2 is 1.75 bits per heavy atom. The number of rotatable bonds is 2. The van der Waals surface area contributed by atoms with Crippen molar-refractivity contribution in [2.45, 2.75) is 10.6 Å². The predicted molar refractivity (Wildman–Crippen MR) is 62.6 cm³/mol. The average molecular weight is 476 g/mol. The van der Waals surface area contributed by atoms with Gasteiger partial charge in [-0.3, -0.25) is 0 Å². The van der Waals surface area contributed by atoms with Crippen LogP contribution in [0.5, 0.6) is 0 Å². The summed E-state index contributed by atoms with van der Waals surface area (Å²) in [5.41, 5.74) is 1.06. The first-order chi connectivity index (χ1) is 4.79. The van der Waals surface area contributed by atoms with Gasteiger partial charge in [-0.05, 0) is 28.2 Å². The minimum absolute atomic E-state index is 0. The third-order valence-corrected chi connectivity index (χ3v) is 1.67. The molecule has 0 saturated carbocycles. The molecule has 0 aliphatic carbocycles. The number of hydrogen-bond donors (Lipinski definition) is 1. The van der Waals surface area contributed by atoms with Crippen molar-refractivity contribution >= 4 is 49.9 Å². The predicted octanol–water partition coefficient (Wildman–Crippen LogP) is 2.21. The number of benzene rings is 1. The Balaban J connectivity index is 0. The van der Waals surface area contributed by atoms with Gasteiger partial charge in [0.15, 0.2) is 4.18 Å². The van der Waals surface area contributed by atoms with Gasteiger partial charge in [0.1, 0.15) is 0 Å². The molecule has 0 aliphatic heterocycles. The van der Waals surface area contributed by atoms with Crippen LogP contribution in [0.2, 0.25) is 0 Å². The molecule has 0 amide bonds. The fourth-order valence-corrected chi connectivity index (χ4v) is 1.30. The first-order valence-corrected chi connectivity index (χ1v) is 4.35. The summed E-state index contributed by atoms with van der Waals surface area (Å²) in [7, 11) is 0. The monoisotopic (exact) mass is 477 g/mol. The van der Waals surface area contributed by atoms with Gasteiger partial charge in [0, 0.05) is 6.42 Å². The van der Waals surface area contributed by atoms with Crippen molar-refractivity contribution in [1.82, 2.24) is 6.15 Å². The third kappa shape index (κ3) is 6.30. The molecule has 1 aromatic carbocycles. The van der Waals surface area contributed by atoms with E-state index in [4.69, 9.17) is 0 Å². The first-order valence-electron chi connectivity index (χ1n) is 3.11. The maximum atomic E-state index is 12.4. The average Bonchev–Trinajstić information content (AvgIpc) is 1.88. The van der Waals surface area contributed by atoms with Crippen molar-refractivity contribution in [1.29, 1.82) is 0 Å². The fraction of sp³-hybridized carbons (Fsp3) is 0.250. The van der Waals surface area contributed by atoms with Crippen LogP contribution in [0, 0.1) is 0 Å². The number of hydrogen-bond acceptors (Lipinski definition) is 1. The van der Waals surface area contributed by atoms with Gasteiger partial charge in [-0.2, -0.15) is 0 Å². The zero-order valence-corrected chi connectivity index (χ0v) is 14.5. The van der Waals surface area contributed by atoms with Crippen molar-refractivity contribution in [3.05, 3.63) is 35.9 Å². The second-order valence-electron chi connectivity index (χ2n) is 2.08. The molecular formula is C8H13FINPb. The van der Waals surface area contributed by atoms with Crippen LogP contribution in [0.25, 0.3) is 0 Å². The molecule has 0 bridgehead atoms. The van der Waals surface area contributed by atoms with Crippen LogP contribution in [0.15, 0.2) is 30.3 Å². The maximum absolute atomic E-state index is 12.4. The van der Waals surface area contributed by atoms with Gasteiger partial charge in [-0.25, -0.2) is 4.39 Å². The molecule has 68 valence electrons. The summed E-state index contributed by atoms with van der Waals surface area (Å²) in [4.78, 5) is 0. The minimum atomic E-state index is -0.764. The first kappa shape index (κ1) is 15.2. The van der Waals surface area contributed by atoms with Crippen molar-refractivity contribution in [3.63, 3.8) is 0 Å². The van der Waals surface area contributed by atoms with E-state index in [0.29, 0.717) is 6.42 Å². The van der Waals surface area contributed by atoms with Gasteiger partial charge in [0.05, 0.1) is 0 Å². The van der Waals surface area contributed by atoms with Crippen LogP contribution in [-0.4, -0.2) is 31.5 Å². The molecule has 1 unspecified atom stereocenters. The molecular weight excluding hydrogens is 463 g/mol. The van der Waals surface area contributed by atoms with Crippen molar-refractivity contribution in [3.8, 4) is 0 Å². The van der Waals surface area contributed by atoms with E-state index in [1.807, 2.05) is 30.3 Å². The Hall–Kier alpha value is 0.762. The molecule has 0 fully saturated rings. The second-order valence-corrected chi connectivity index (χ2v) is 3.43. The third-order valence-electron chi connectivity index (χ3n) is 1.23. The van der Waals surface area contributed by atoms with Gasteiger partial charge < -0.3 is 6.15 Å². The zero-order valence-electron chi connectivity index (χ0n) is 6.84. The summed E-state index contributed by atoms with van der Waals surface area (Å²) >= 11 is 1.78. The molecule has 4 heteroatoms. The SMILES string of the molecule is FC(I)Cc1ccccc1.N.[PbH2]. The normalized spacial score (nSPS) is 10.8. The standard InChI is InChI=1S/C8H8FI.H3N.Pb.2H/c9-8(10)6-7-4-2-1-3-5-7;;;;/h1-5,8H,6H2;1H3;;;. The van der Waals surface area contributed by atoms with Gasteiger partial charge >= 0.3 is 27.3 Å². The van der Waals surface area contributed by atoms with E-state index in [9.17, 15) is 4.39 Å². The summed E-state index contributed by atoms with van der Waals surface area (Å²) in [6.07, 6.45) is 0.515. The van der Waals surface area contributed by atoms with E-state index >= 15 is 0 Å². The van der Waals surface area contributed by atoms with Crippen LogP contribution in [0.3, 0.4) is 0 Å². The zero-order chi connectivity index (χ0) is 7.40. The molecule has 0 heterocycles. The summed E-state index contributed by atoms with van der Waals surface area (Å²) in [6, 6.07) is 9.66. The molecule has 2 radical (unpaired) electrons. The fourth-order valence-electron chi connectivity index (χ4n) is 0.792. The van der Waals surface area contributed by atoms with Gasteiger partial charge in [0.2, 0.25) is 0 Å². The van der Waals surface area contributed by atoms with E-state index < -0.39 is 4.18 Å². The molecule has 0 aliphatic rings. The Bertz CT molecular complexity index is 194. The van der Waals surface area contributed by atoms with Crippen molar-refractivity contribution in [2.24, 2.45) is 0 Å². The molecule has 0 aromatic heterocycles. The molecule has 1 nitrogen and oxygen atoms in total. The van der Waals surface area contributed by atoms with Crippen LogP contribution in [-0.2, 0) is 6.42 Å². The number of halogens is 2. The van der Waals surface area contributed by atoms with Gasteiger partial charge in [0.25, 0.3) is 0 Å². The summed E-state index contributed by atoms with van der Waals surface area (Å²) in [5, 5.41) is 0. The van der Waals surface area contributed by atoms with Crippen molar-refractivity contribution in [2.75, 3.05) is 0 Å². The topological polar surface area (TPSA) is 35.0 Å². The van der Waals surface area contributed by atoms with Crippen LogP contribution in [0.1, 0.15) is 5.56 Å². The van der Waals surface area contributed by atoms with Gasteiger partial charge in [-0.15, -0.1) is 0 Å². The van der Waals surface area contributed by atoms with E-state index in [1.54, 1.807) is 22.6 Å². The Morgan fingerprint density at radius 1 is 1.25 bits per heavy atom. The molecule has 12 heavy (non-hydrogen) atoms. The molecule has 1 aromatic rings. The molecule has 0 spiro atoms. The Morgan fingerprint density at radius 3 is 2.17 bits per heavy atom. The molecule has 3 N–H and O–H groups in total. The molecule has 0 saturated heterocycles. The summed E-state index contributed by atoms with van der Waals surface area (Å²) in [5.74, 6) is 0. The second kappa shape index (κ2) is 8.36. The Labute approximate surface area is 106 Å². The molecule has 1 atom stereocenters. The van der Waals surface area contributed by atoms with Crippen LogP contribution < -0.4 is 6.15 Å². The Kier molecular flexibility index (Phi) is 10.6. The van der Waals surface area contributed by atoms with E-state index in [0.717, 1.165) is 5.56 Å². The van der Waals surface area contributed by atoms with Crippen LogP contribution >= 0.6 is 22.6 Å². The number of alkyl halides is 2. The van der Waals surface area contributed by atoms with E-state index in [2.05, 4.69) is 0 Å². The van der Waals surface area contributed by atoms with Crippen molar-refractivity contribution < 1.29 is 4.39 Å². The molecule has 1 rings (SSSR count). The van der Waals surface area contributed by atoms with E-state index in [-0.39, 0.29) is 33.4 Å². The van der Waals surface area contributed by atoms with E-state index in [1.165, 1.54) is 0 Å². The summed E-state index contributed by atoms with van der Waals surface area (Å²) in [6.45, 7) is 0. The van der Waals surface area contributed by atoms with Crippen LogP contribution in [0.4, 0.5) is 4.39 Å². The quantitative estimate of drug-likeness (QED) is 0.397. The van der Waals surface area contributed by atoms with Gasteiger partial charge in [-0.1, -0.05) is 30.3 Å².